The smallest absolute Gasteiger partial charge is 0.0465 e. The SMILES string of the molecule is CCN(Cc1ccc(N)cc1)Cc1ccc(Cl)cc1Cl. The summed E-state index contributed by atoms with van der Waals surface area (Å²) in [5.74, 6) is 0. The number of halogens is 2. The monoisotopic (exact) mass is 308 g/mol. The zero-order valence-corrected chi connectivity index (χ0v) is 13.0. The summed E-state index contributed by atoms with van der Waals surface area (Å²) in [6.45, 7) is 4.76. The van der Waals surface area contributed by atoms with Crippen LogP contribution in [0.25, 0.3) is 0 Å². The number of nitrogens with two attached hydrogens (primary N) is 1. The summed E-state index contributed by atoms with van der Waals surface area (Å²) in [5, 5.41) is 1.38. The minimum absolute atomic E-state index is 0.667. The first-order valence-electron chi connectivity index (χ1n) is 6.59. The molecule has 0 saturated carbocycles. The van der Waals surface area contributed by atoms with Crippen LogP contribution in [0.4, 0.5) is 5.69 Å². The zero-order valence-electron chi connectivity index (χ0n) is 11.4. The molecule has 20 heavy (non-hydrogen) atoms. The summed E-state index contributed by atoms with van der Waals surface area (Å²) in [4.78, 5) is 2.32. The van der Waals surface area contributed by atoms with E-state index in [-0.39, 0.29) is 0 Å². The molecule has 2 nitrogen and oxygen atoms in total. The summed E-state index contributed by atoms with van der Waals surface area (Å²) in [5.41, 5.74) is 8.83. The number of anilines is 1. The van der Waals surface area contributed by atoms with E-state index in [0.29, 0.717) is 10.0 Å². The average molecular weight is 309 g/mol. The second-order valence-electron chi connectivity index (χ2n) is 4.78. The Labute approximate surface area is 130 Å². The normalized spacial score (nSPS) is 11.0. The first-order valence-corrected chi connectivity index (χ1v) is 7.34. The molecule has 0 aliphatic rings. The fraction of sp³-hybridized carbons (Fsp3) is 0.250. The highest BCUT2D eigenvalue weighted by Gasteiger charge is 2.08. The molecule has 0 amide bonds. The zero-order chi connectivity index (χ0) is 14.5. The molecule has 0 fully saturated rings. The number of nitrogen functional groups attached to an aromatic ring is 1. The van der Waals surface area contributed by atoms with Gasteiger partial charge in [0, 0.05) is 28.8 Å². The van der Waals surface area contributed by atoms with Crippen molar-refractivity contribution in [3.8, 4) is 0 Å². The number of rotatable bonds is 5. The number of hydrogen-bond acceptors (Lipinski definition) is 2. The second-order valence-corrected chi connectivity index (χ2v) is 5.62. The molecule has 2 N–H and O–H groups in total. The van der Waals surface area contributed by atoms with Gasteiger partial charge in [-0.25, -0.2) is 0 Å². The van der Waals surface area contributed by atoms with Gasteiger partial charge < -0.3 is 5.73 Å². The Bertz CT molecular complexity index is 567. The Kier molecular flexibility index (Phi) is 5.30. The number of benzene rings is 2. The molecule has 0 spiro atoms. The Balaban J connectivity index is 2.07. The van der Waals surface area contributed by atoms with Gasteiger partial charge in [0.15, 0.2) is 0 Å². The standard InChI is InChI=1S/C16H18Cl2N2/c1-2-20(10-12-3-7-15(19)8-4-12)11-13-5-6-14(17)9-16(13)18/h3-9H,2,10-11,19H2,1H3. The molecule has 2 aromatic rings. The van der Waals surface area contributed by atoms with Crippen LogP contribution in [-0.4, -0.2) is 11.4 Å². The maximum Gasteiger partial charge on any atom is 0.0465 e. The molecule has 0 unspecified atom stereocenters. The topological polar surface area (TPSA) is 29.3 Å². The lowest BCUT2D eigenvalue weighted by Crippen LogP contribution is -2.22. The highest BCUT2D eigenvalue weighted by atomic mass is 35.5. The molecule has 0 radical (unpaired) electrons. The molecule has 0 atom stereocenters. The van der Waals surface area contributed by atoms with Crippen LogP contribution in [0.15, 0.2) is 42.5 Å². The van der Waals surface area contributed by atoms with Crippen molar-refractivity contribution in [2.24, 2.45) is 0 Å². The van der Waals surface area contributed by atoms with Gasteiger partial charge in [0.25, 0.3) is 0 Å². The lowest BCUT2D eigenvalue weighted by atomic mass is 10.1. The van der Waals surface area contributed by atoms with Gasteiger partial charge in [0.2, 0.25) is 0 Å². The van der Waals surface area contributed by atoms with Crippen molar-refractivity contribution in [1.29, 1.82) is 0 Å². The Morgan fingerprint density at radius 2 is 1.70 bits per heavy atom. The fourth-order valence-corrected chi connectivity index (χ4v) is 2.52. The van der Waals surface area contributed by atoms with Crippen molar-refractivity contribution in [2.75, 3.05) is 12.3 Å². The first-order chi connectivity index (χ1) is 9.58. The summed E-state index contributed by atoms with van der Waals surface area (Å²) in [7, 11) is 0. The van der Waals surface area contributed by atoms with Gasteiger partial charge in [-0.05, 0) is 41.9 Å². The minimum Gasteiger partial charge on any atom is -0.399 e. The van der Waals surface area contributed by atoms with Crippen LogP contribution in [-0.2, 0) is 13.1 Å². The van der Waals surface area contributed by atoms with Crippen molar-refractivity contribution in [3.05, 3.63) is 63.6 Å². The van der Waals surface area contributed by atoms with Gasteiger partial charge in [-0.2, -0.15) is 0 Å². The van der Waals surface area contributed by atoms with Gasteiger partial charge in [-0.15, -0.1) is 0 Å². The van der Waals surface area contributed by atoms with E-state index in [4.69, 9.17) is 28.9 Å². The molecular weight excluding hydrogens is 291 g/mol. The lowest BCUT2D eigenvalue weighted by molar-refractivity contribution is 0.271. The summed E-state index contributed by atoms with van der Waals surface area (Å²) >= 11 is 12.1. The van der Waals surface area contributed by atoms with E-state index in [1.807, 2.05) is 24.3 Å². The minimum atomic E-state index is 0.667. The molecule has 0 aliphatic carbocycles. The molecule has 0 aromatic heterocycles. The number of nitrogens with zero attached hydrogens (tertiary/aromatic N) is 1. The Morgan fingerprint density at radius 1 is 1.00 bits per heavy atom. The van der Waals surface area contributed by atoms with Gasteiger partial charge in [-0.1, -0.05) is 48.3 Å². The van der Waals surface area contributed by atoms with Crippen molar-refractivity contribution < 1.29 is 0 Å². The summed E-state index contributed by atoms with van der Waals surface area (Å²) < 4.78 is 0. The molecule has 0 saturated heterocycles. The predicted molar refractivity (Wildman–Crippen MR) is 87.1 cm³/mol. The number of hydrogen-bond donors (Lipinski definition) is 1. The third-order valence-electron chi connectivity index (χ3n) is 3.24. The second kappa shape index (κ2) is 6.98. The quantitative estimate of drug-likeness (QED) is 0.818. The first kappa shape index (κ1) is 15.2. The molecule has 0 aliphatic heterocycles. The van der Waals surface area contributed by atoms with Crippen LogP contribution >= 0.6 is 23.2 Å². The van der Waals surface area contributed by atoms with E-state index in [2.05, 4.69) is 24.0 Å². The molecule has 4 heteroatoms. The van der Waals surface area contributed by atoms with Gasteiger partial charge >= 0.3 is 0 Å². The van der Waals surface area contributed by atoms with E-state index < -0.39 is 0 Å². The van der Waals surface area contributed by atoms with E-state index in [1.165, 1.54) is 5.56 Å². The summed E-state index contributed by atoms with van der Waals surface area (Å²) in [6.07, 6.45) is 0. The van der Waals surface area contributed by atoms with Crippen LogP contribution in [0.3, 0.4) is 0 Å². The molecule has 0 bridgehead atoms. The molecule has 106 valence electrons. The Morgan fingerprint density at radius 3 is 2.30 bits per heavy atom. The third kappa shape index (κ3) is 4.14. The molecule has 2 rings (SSSR count). The predicted octanol–water partition coefficient (Wildman–Crippen LogP) is 4.60. The van der Waals surface area contributed by atoms with E-state index in [9.17, 15) is 0 Å². The highest BCUT2D eigenvalue weighted by Crippen LogP contribution is 2.23. The lowest BCUT2D eigenvalue weighted by Gasteiger charge is -2.21. The largest absolute Gasteiger partial charge is 0.399 e. The van der Waals surface area contributed by atoms with Crippen LogP contribution in [0, 0.1) is 0 Å². The van der Waals surface area contributed by atoms with Crippen molar-refractivity contribution >= 4 is 28.9 Å². The van der Waals surface area contributed by atoms with E-state index >= 15 is 0 Å². The van der Waals surface area contributed by atoms with Crippen LogP contribution in [0.5, 0.6) is 0 Å². The fourth-order valence-electron chi connectivity index (χ4n) is 2.05. The molecule has 0 heterocycles. The highest BCUT2D eigenvalue weighted by molar-refractivity contribution is 6.35. The van der Waals surface area contributed by atoms with Crippen LogP contribution < -0.4 is 5.73 Å². The van der Waals surface area contributed by atoms with E-state index in [1.54, 1.807) is 6.07 Å². The van der Waals surface area contributed by atoms with Crippen molar-refractivity contribution in [1.82, 2.24) is 4.90 Å². The van der Waals surface area contributed by atoms with Gasteiger partial charge in [-0.3, -0.25) is 4.90 Å². The van der Waals surface area contributed by atoms with Crippen LogP contribution in [0.1, 0.15) is 18.1 Å². The Hall–Kier alpha value is -1.22. The molecular formula is C16H18Cl2N2. The van der Waals surface area contributed by atoms with E-state index in [0.717, 1.165) is 30.9 Å². The van der Waals surface area contributed by atoms with Crippen molar-refractivity contribution in [2.45, 2.75) is 20.0 Å². The average Bonchev–Trinajstić information content (AvgIpc) is 2.43. The maximum absolute atomic E-state index is 6.23. The maximum atomic E-state index is 6.23. The van der Waals surface area contributed by atoms with Gasteiger partial charge in [0.1, 0.15) is 0 Å². The molecule has 2 aromatic carbocycles. The van der Waals surface area contributed by atoms with Gasteiger partial charge in [0.05, 0.1) is 0 Å². The van der Waals surface area contributed by atoms with Crippen LogP contribution in [0.2, 0.25) is 10.0 Å². The van der Waals surface area contributed by atoms with Crippen molar-refractivity contribution in [3.63, 3.8) is 0 Å². The summed E-state index contributed by atoms with van der Waals surface area (Å²) in [6, 6.07) is 13.6. The third-order valence-corrected chi connectivity index (χ3v) is 3.83.